The lowest BCUT2D eigenvalue weighted by Gasteiger charge is -2.11. The van der Waals surface area contributed by atoms with Gasteiger partial charge in [-0.2, -0.15) is 13.7 Å². The van der Waals surface area contributed by atoms with E-state index in [0.717, 1.165) is 5.56 Å². The molecule has 2 aromatic rings. The third kappa shape index (κ3) is 3.57. The Morgan fingerprint density at radius 2 is 1.77 bits per heavy atom. The van der Waals surface area contributed by atoms with Gasteiger partial charge in [0.05, 0.1) is 19.6 Å². The molecular weight excluding hydrogens is 302 g/mol. The first kappa shape index (κ1) is 15.9. The fraction of sp³-hybridized carbons (Fsp3) is 0.188. The predicted octanol–water partition coefficient (Wildman–Crippen LogP) is 2.84. The number of ether oxygens (including phenoxy) is 1. The van der Waals surface area contributed by atoms with E-state index >= 15 is 0 Å². The first-order chi connectivity index (χ1) is 10.5. The number of benzene rings is 2. The Balaban J connectivity index is 2.38. The zero-order chi connectivity index (χ0) is 16.2. The summed E-state index contributed by atoms with van der Waals surface area (Å²) in [5.74, 6) is 0.355. The number of hydrogen-bond acceptors (Lipinski definition) is 5. The van der Waals surface area contributed by atoms with E-state index in [-0.39, 0.29) is 22.8 Å². The van der Waals surface area contributed by atoms with Crippen molar-refractivity contribution in [3.63, 3.8) is 0 Å². The van der Waals surface area contributed by atoms with Gasteiger partial charge in [0.15, 0.2) is 11.5 Å². The second-order valence-corrected chi connectivity index (χ2v) is 6.22. The standard InChI is InChI=1S/C16H15NO4S/c1-12-3-6-14(7-4-12)22(18,19)21-16-11-13(9-10-17)5-8-15(16)20-2/h3-8,11H,9H2,1-2H3. The molecule has 0 N–H and O–H groups in total. The van der Waals surface area contributed by atoms with Crippen molar-refractivity contribution in [1.29, 1.82) is 5.26 Å². The van der Waals surface area contributed by atoms with Crippen LogP contribution >= 0.6 is 0 Å². The number of nitrogens with zero attached hydrogens (tertiary/aromatic N) is 1. The molecular formula is C16H15NO4S. The molecule has 0 bridgehead atoms. The summed E-state index contributed by atoms with van der Waals surface area (Å²) in [5, 5.41) is 8.73. The monoisotopic (exact) mass is 317 g/mol. The molecule has 0 atom stereocenters. The summed E-state index contributed by atoms with van der Waals surface area (Å²) in [6.45, 7) is 1.87. The van der Waals surface area contributed by atoms with E-state index in [0.29, 0.717) is 5.56 Å². The topological polar surface area (TPSA) is 76.4 Å². The zero-order valence-electron chi connectivity index (χ0n) is 12.2. The summed E-state index contributed by atoms with van der Waals surface area (Å²) < 4.78 is 34.9. The fourth-order valence-electron chi connectivity index (χ4n) is 1.86. The lowest BCUT2D eigenvalue weighted by Crippen LogP contribution is -2.10. The van der Waals surface area contributed by atoms with Crippen LogP contribution in [-0.4, -0.2) is 15.5 Å². The molecule has 0 aliphatic heterocycles. The highest BCUT2D eigenvalue weighted by molar-refractivity contribution is 7.87. The van der Waals surface area contributed by atoms with Gasteiger partial charge in [0, 0.05) is 0 Å². The van der Waals surface area contributed by atoms with Crippen LogP contribution in [0.25, 0.3) is 0 Å². The average Bonchev–Trinajstić information content (AvgIpc) is 2.48. The summed E-state index contributed by atoms with van der Waals surface area (Å²) in [5.41, 5.74) is 1.60. The van der Waals surface area contributed by atoms with Gasteiger partial charge >= 0.3 is 10.1 Å². The maximum Gasteiger partial charge on any atom is 0.339 e. The van der Waals surface area contributed by atoms with Crippen molar-refractivity contribution in [3.05, 3.63) is 53.6 Å². The van der Waals surface area contributed by atoms with Crippen LogP contribution in [0, 0.1) is 18.3 Å². The van der Waals surface area contributed by atoms with Crippen LogP contribution in [0.4, 0.5) is 0 Å². The van der Waals surface area contributed by atoms with Gasteiger partial charge < -0.3 is 8.92 Å². The SMILES string of the molecule is COc1ccc(CC#N)cc1OS(=O)(=O)c1ccc(C)cc1. The summed E-state index contributed by atoms with van der Waals surface area (Å²) >= 11 is 0. The molecule has 5 nitrogen and oxygen atoms in total. The quantitative estimate of drug-likeness (QED) is 0.793. The molecule has 114 valence electrons. The maximum atomic E-state index is 12.3. The number of methoxy groups -OCH3 is 1. The van der Waals surface area contributed by atoms with Crippen LogP contribution in [0.2, 0.25) is 0 Å². The number of aryl methyl sites for hydroxylation is 1. The molecule has 2 aromatic carbocycles. The van der Waals surface area contributed by atoms with Crippen molar-refractivity contribution in [2.24, 2.45) is 0 Å². The van der Waals surface area contributed by atoms with Gasteiger partial charge in [-0.05, 0) is 36.8 Å². The molecule has 0 spiro atoms. The lowest BCUT2D eigenvalue weighted by molar-refractivity contribution is 0.390. The van der Waals surface area contributed by atoms with Crippen LogP contribution in [0.1, 0.15) is 11.1 Å². The largest absolute Gasteiger partial charge is 0.493 e. The molecule has 0 aromatic heterocycles. The summed E-state index contributed by atoms with van der Waals surface area (Å²) in [7, 11) is -2.54. The van der Waals surface area contributed by atoms with Gasteiger partial charge in [0.2, 0.25) is 0 Å². The zero-order valence-corrected chi connectivity index (χ0v) is 13.1. The van der Waals surface area contributed by atoms with Crippen LogP contribution in [0.5, 0.6) is 11.5 Å². The van der Waals surface area contributed by atoms with Gasteiger partial charge in [-0.1, -0.05) is 23.8 Å². The first-order valence-corrected chi connectivity index (χ1v) is 7.92. The van der Waals surface area contributed by atoms with Gasteiger partial charge in [0.1, 0.15) is 4.90 Å². The van der Waals surface area contributed by atoms with Crippen molar-refractivity contribution in [2.75, 3.05) is 7.11 Å². The van der Waals surface area contributed by atoms with Crippen molar-refractivity contribution < 1.29 is 17.3 Å². The Morgan fingerprint density at radius 3 is 2.36 bits per heavy atom. The second-order valence-electron chi connectivity index (χ2n) is 4.67. The van der Waals surface area contributed by atoms with Gasteiger partial charge in [0.25, 0.3) is 0 Å². The average molecular weight is 317 g/mol. The minimum absolute atomic E-state index is 0.0610. The van der Waals surface area contributed by atoms with Crippen LogP contribution in [0.3, 0.4) is 0 Å². The van der Waals surface area contributed by atoms with Crippen molar-refractivity contribution in [1.82, 2.24) is 0 Å². The molecule has 6 heteroatoms. The minimum atomic E-state index is -3.96. The summed E-state index contributed by atoms with van der Waals surface area (Å²) in [4.78, 5) is 0.0610. The van der Waals surface area contributed by atoms with E-state index < -0.39 is 10.1 Å². The molecule has 0 saturated carbocycles. The van der Waals surface area contributed by atoms with E-state index in [1.165, 1.54) is 25.3 Å². The second kappa shape index (κ2) is 6.50. The summed E-state index contributed by atoms with van der Waals surface area (Å²) in [6.07, 6.45) is 0.158. The lowest BCUT2D eigenvalue weighted by atomic mass is 10.1. The minimum Gasteiger partial charge on any atom is -0.493 e. The Labute approximate surface area is 129 Å². The van der Waals surface area contributed by atoms with Crippen LogP contribution in [0.15, 0.2) is 47.4 Å². The number of hydrogen-bond donors (Lipinski definition) is 0. The van der Waals surface area contributed by atoms with Crippen LogP contribution in [-0.2, 0) is 16.5 Å². The number of rotatable bonds is 5. The van der Waals surface area contributed by atoms with E-state index in [1.807, 2.05) is 13.0 Å². The normalized spacial score (nSPS) is 10.8. The molecule has 0 heterocycles. The predicted molar refractivity (Wildman–Crippen MR) is 81.3 cm³/mol. The van der Waals surface area contributed by atoms with Crippen molar-refractivity contribution in [2.45, 2.75) is 18.2 Å². The van der Waals surface area contributed by atoms with Gasteiger partial charge in [-0.3, -0.25) is 0 Å². The van der Waals surface area contributed by atoms with Crippen LogP contribution < -0.4 is 8.92 Å². The Hall–Kier alpha value is -2.52. The third-order valence-electron chi connectivity index (χ3n) is 3.02. The van der Waals surface area contributed by atoms with E-state index in [2.05, 4.69) is 0 Å². The van der Waals surface area contributed by atoms with Crippen molar-refractivity contribution >= 4 is 10.1 Å². The van der Waals surface area contributed by atoms with E-state index in [1.54, 1.807) is 24.3 Å². The fourth-order valence-corrected chi connectivity index (χ4v) is 2.79. The first-order valence-electron chi connectivity index (χ1n) is 6.51. The molecule has 0 aliphatic rings. The van der Waals surface area contributed by atoms with E-state index in [4.69, 9.17) is 14.2 Å². The molecule has 0 saturated heterocycles. The number of nitriles is 1. The highest BCUT2D eigenvalue weighted by Gasteiger charge is 2.19. The molecule has 0 radical (unpaired) electrons. The Morgan fingerprint density at radius 1 is 1.09 bits per heavy atom. The Kier molecular flexibility index (Phi) is 4.68. The highest BCUT2D eigenvalue weighted by Crippen LogP contribution is 2.31. The molecule has 22 heavy (non-hydrogen) atoms. The molecule has 0 aliphatic carbocycles. The Bertz CT molecular complexity index is 805. The smallest absolute Gasteiger partial charge is 0.339 e. The molecule has 0 amide bonds. The summed E-state index contributed by atoms with van der Waals surface area (Å²) in [6, 6.07) is 13.1. The highest BCUT2D eigenvalue weighted by atomic mass is 32.2. The molecule has 2 rings (SSSR count). The van der Waals surface area contributed by atoms with Gasteiger partial charge in [-0.15, -0.1) is 0 Å². The maximum absolute atomic E-state index is 12.3. The van der Waals surface area contributed by atoms with E-state index in [9.17, 15) is 8.42 Å². The van der Waals surface area contributed by atoms with Crippen molar-refractivity contribution in [3.8, 4) is 17.6 Å². The molecule has 0 fully saturated rings. The third-order valence-corrected chi connectivity index (χ3v) is 4.27. The molecule has 0 unspecified atom stereocenters. The van der Waals surface area contributed by atoms with Gasteiger partial charge in [-0.25, -0.2) is 0 Å².